The van der Waals surface area contributed by atoms with Gasteiger partial charge < -0.3 is 20.1 Å². The number of carbonyl (C=O) groups is 2. The fourth-order valence-corrected chi connectivity index (χ4v) is 2.97. The number of hydrogen-bond acceptors (Lipinski definition) is 4. The second kappa shape index (κ2) is 8.31. The van der Waals surface area contributed by atoms with Crippen LogP contribution in [0.3, 0.4) is 0 Å². The van der Waals surface area contributed by atoms with Crippen molar-refractivity contribution in [2.45, 2.75) is 26.4 Å². The molecular formula is C20H21ClN2O4. The lowest BCUT2D eigenvalue weighted by molar-refractivity contribution is -0.124. The maximum Gasteiger partial charge on any atom is 0.253 e. The summed E-state index contributed by atoms with van der Waals surface area (Å²) in [5, 5.41) is 5.98. The van der Waals surface area contributed by atoms with E-state index in [0.29, 0.717) is 28.6 Å². The van der Waals surface area contributed by atoms with Gasteiger partial charge >= 0.3 is 0 Å². The van der Waals surface area contributed by atoms with Gasteiger partial charge in [0.1, 0.15) is 6.04 Å². The Morgan fingerprint density at radius 1 is 1.11 bits per heavy atom. The average molecular weight is 389 g/mol. The minimum atomic E-state index is -0.678. The van der Waals surface area contributed by atoms with E-state index in [2.05, 4.69) is 10.6 Å². The van der Waals surface area contributed by atoms with Crippen LogP contribution in [-0.2, 0) is 11.3 Å². The largest absolute Gasteiger partial charge is 0.454 e. The normalized spacial score (nSPS) is 13.3. The Balaban J connectivity index is 1.63. The van der Waals surface area contributed by atoms with Crippen LogP contribution in [0.4, 0.5) is 0 Å². The molecule has 0 saturated carbocycles. The summed E-state index contributed by atoms with van der Waals surface area (Å²) in [5.41, 5.74) is 1.22. The SMILES string of the molecule is CC(C)C(NC(=O)c1ccccc1Cl)C(=O)NCc1ccc2c(c1)OCO2. The van der Waals surface area contributed by atoms with Gasteiger partial charge in [-0.05, 0) is 35.7 Å². The zero-order valence-corrected chi connectivity index (χ0v) is 15.9. The monoisotopic (exact) mass is 388 g/mol. The molecule has 1 atom stereocenters. The Hall–Kier alpha value is -2.73. The summed E-state index contributed by atoms with van der Waals surface area (Å²) in [5.74, 6) is 0.625. The van der Waals surface area contributed by atoms with Crippen LogP contribution in [0.15, 0.2) is 42.5 Å². The first-order valence-electron chi connectivity index (χ1n) is 8.67. The van der Waals surface area contributed by atoms with Gasteiger partial charge in [0.15, 0.2) is 11.5 Å². The molecule has 142 valence electrons. The summed E-state index contributed by atoms with van der Waals surface area (Å²) in [7, 11) is 0. The highest BCUT2D eigenvalue weighted by atomic mass is 35.5. The lowest BCUT2D eigenvalue weighted by Crippen LogP contribution is -2.49. The van der Waals surface area contributed by atoms with Gasteiger partial charge in [0, 0.05) is 6.54 Å². The van der Waals surface area contributed by atoms with E-state index >= 15 is 0 Å². The number of benzene rings is 2. The first-order chi connectivity index (χ1) is 13.0. The Morgan fingerprint density at radius 2 is 1.85 bits per heavy atom. The van der Waals surface area contributed by atoms with Gasteiger partial charge in [0.2, 0.25) is 12.7 Å². The molecule has 1 heterocycles. The molecule has 7 heteroatoms. The third-order valence-corrected chi connectivity index (χ3v) is 4.59. The number of fused-ring (bicyclic) bond motifs is 1. The van der Waals surface area contributed by atoms with Gasteiger partial charge in [0.05, 0.1) is 10.6 Å². The third kappa shape index (κ3) is 4.52. The van der Waals surface area contributed by atoms with Crippen molar-refractivity contribution >= 4 is 23.4 Å². The summed E-state index contributed by atoms with van der Waals surface area (Å²) < 4.78 is 10.6. The van der Waals surface area contributed by atoms with Crippen LogP contribution in [0.25, 0.3) is 0 Å². The minimum Gasteiger partial charge on any atom is -0.454 e. The van der Waals surface area contributed by atoms with Crippen LogP contribution in [0, 0.1) is 5.92 Å². The molecule has 3 rings (SSSR count). The maximum absolute atomic E-state index is 12.6. The van der Waals surface area contributed by atoms with Crippen LogP contribution in [0.1, 0.15) is 29.8 Å². The van der Waals surface area contributed by atoms with Crippen LogP contribution < -0.4 is 20.1 Å². The molecule has 0 aromatic heterocycles. The van der Waals surface area contributed by atoms with Crippen molar-refractivity contribution in [2.24, 2.45) is 5.92 Å². The number of hydrogen-bond donors (Lipinski definition) is 2. The summed E-state index contributed by atoms with van der Waals surface area (Å²) in [6.07, 6.45) is 0. The van der Waals surface area contributed by atoms with Gasteiger partial charge in [-0.25, -0.2) is 0 Å². The molecule has 1 unspecified atom stereocenters. The fourth-order valence-electron chi connectivity index (χ4n) is 2.75. The molecule has 27 heavy (non-hydrogen) atoms. The van der Waals surface area contributed by atoms with Crippen molar-refractivity contribution in [1.82, 2.24) is 10.6 Å². The van der Waals surface area contributed by atoms with E-state index in [0.717, 1.165) is 5.56 Å². The third-order valence-electron chi connectivity index (χ3n) is 4.26. The number of rotatable bonds is 6. The second-order valence-corrected chi connectivity index (χ2v) is 6.99. The Kier molecular flexibility index (Phi) is 5.86. The molecule has 1 aliphatic heterocycles. The molecule has 2 aromatic carbocycles. The molecule has 2 aromatic rings. The topological polar surface area (TPSA) is 76.7 Å². The lowest BCUT2D eigenvalue weighted by Gasteiger charge is -2.22. The first kappa shape index (κ1) is 19.0. The van der Waals surface area contributed by atoms with Gasteiger partial charge in [0.25, 0.3) is 5.91 Å². The summed E-state index contributed by atoms with van der Waals surface area (Å²) in [6.45, 7) is 4.27. The number of nitrogens with one attached hydrogen (secondary N) is 2. The maximum atomic E-state index is 12.6. The molecule has 0 aliphatic carbocycles. The van der Waals surface area contributed by atoms with Crippen LogP contribution in [0.2, 0.25) is 5.02 Å². The molecule has 0 bridgehead atoms. The van der Waals surface area contributed by atoms with E-state index in [1.165, 1.54) is 0 Å². The van der Waals surface area contributed by atoms with E-state index in [4.69, 9.17) is 21.1 Å². The predicted molar refractivity (Wildman–Crippen MR) is 102 cm³/mol. The summed E-state index contributed by atoms with van der Waals surface area (Å²) in [6, 6.07) is 11.6. The highest BCUT2D eigenvalue weighted by Gasteiger charge is 2.25. The first-order valence-corrected chi connectivity index (χ1v) is 9.05. The zero-order chi connectivity index (χ0) is 19.4. The molecular weight excluding hydrogens is 368 g/mol. The van der Waals surface area contributed by atoms with Crippen LogP contribution >= 0.6 is 11.6 Å². The molecule has 0 fully saturated rings. The fraction of sp³-hybridized carbons (Fsp3) is 0.300. The average Bonchev–Trinajstić information content (AvgIpc) is 3.12. The minimum absolute atomic E-state index is 0.0896. The zero-order valence-electron chi connectivity index (χ0n) is 15.1. The van der Waals surface area contributed by atoms with E-state index in [1.807, 2.05) is 32.0 Å². The Labute approximate surface area is 162 Å². The number of ether oxygens (including phenoxy) is 2. The van der Waals surface area contributed by atoms with Crippen molar-refractivity contribution in [3.63, 3.8) is 0 Å². The van der Waals surface area contributed by atoms with Crippen LogP contribution in [-0.4, -0.2) is 24.6 Å². The molecule has 2 amide bonds. The van der Waals surface area contributed by atoms with E-state index in [1.54, 1.807) is 24.3 Å². The van der Waals surface area contributed by atoms with E-state index in [9.17, 15) is 9.59 Å². The summed E-state index contributed by atoms with van der Waals surface area (Å²) >= 11 is 6.07. The quantitative estimate of drug-likeness (QED) is 0.797. The molecule has 0 spiro atoms. The number of halogens is 1. The van der Waals surface area contributed by atoms with Gasteiger partial charge in [-0.1, -0.05) is 43.6 Å². The molecule has 2 N–H and O–H groups in total. The highest BCUT2D eigenvalue weighted by molar-refractivity contribution is 6.33. The van der Waals surface area contributed by atoms with Crippen molar-refractivity contribution in [1.29, 1.82) is 0 Å². The van der Waals surface area contributed by atoms with Gasteiger partial charge in [-0.15, -0.1) is 0 Å². The molecule has 0 radical (unpaired) electrons. The molecule has 0 saturated heterocycles. The van der Waals surface area contributed by atoms with Crippen molar-refractivity contribution in [3.05, 3.63) is 58.6 Å². The Morgan fingerprint density at radius 3 is 2.59 bits per heavy atom. The van der Waals surface area contributed by atoms with E-state index in [-0.39, 0.29) is 24.5 Å². The smallest absolute Gasteiger partial charge is 0.253 e. The standard InChI is InChI=1S/C20H21ClN2O4/c1-12(2)18(23-19(24)14-5-3-4-6-15(14)21)20(25)22-10-13-7-8-16-17(9-13)27-11-26-16/h3-9,12,18H,10-11H2,1-2H3,(H,22,25)(H,23,24). The van der Waals surface area contributed by atoms with Crippen molar-refractivity contribution in [3.8, 4) is 11.5 Å². The van der Waals surface area contributed by atoms with E-state index < -0.39 is 6.04 Å². The summed E-state index contributed by atoms with van der Waals surface area (Å²) in [4.78, 5) is 25.1. The van der Waals surface area contributed by atoms with Gasteiger partial charge in [-0.2, -0.15) is 0 Å². The van der Waals surface area contributed by atoms with Gasteiger partial charge in [-0.3, -0.25) is 9.59 Å². The highest BCUT2D eigenvalue weighted by Crippen LogP contribution is 2.32. The number of amides is 2. The second-order valence-electron chi connectivity index (χ2n) is 6.58. The van der Waals surface area contributed by atoms with Crippen molar-refractivity contribution in [2.75, 3.05) is 6.79 Å². The van der Waals surface area contributed by atoms with Crippen LogP contribution in [0.5, 0.6) is 11.5 Å². The molecule has 6 nitrogen and oxygen atoms in total. The lowest BCUT2D eigenvalue weighted by atomic mass is 10.0. The molecule has 1 aliphatic rings. The predicted octanol–water partition coefficient (Wildman–Crippen LogP) is 3.14. The Bertz CT molecular complexity index is 854. The van der Waals surface area contributed by atoms with Crippen molar-refractivity contribution < 1.29 is 19.1 Å². The number of carbonyl (C=O) groups excluding carboxylic acids is 2.